The molecule has 1 aliphatic heterocycles. The zero-order valence-corrected chi connectivity index (χ0v) is 11.9. The second-order valence-electron chi connectivity index (χ2n) is 5.91. The van der Waals surface area contributed by atoms with Crippen LogP contribution in [0.3, 0.4) is 0 Å². The molecule has 2 atom stereocenters. The fourth-order valence-electron chi connectivity index (χ4n) is 2.30. The Morgan fingerprint density at radius 3 is 2.84 bits per heavy atom. The smallest absolute Gasteiger partial charge is 0.407 e. The summed E-state index contributed by atoms with van der Waals surface area (Å²) < 4.78 is 7.28. The number of hydrogen-bond acceptors (Lipinski definition) is 4. The summed E-state index contributed by atoms with van der Waals surface area (Å²) in [5, 5.41) is 6.21. The van der Waals surface area contributed by atoms with Gasteiger partial charge in [0.05, 0.1) is 12.0 Å². The first kappa shape index (κ1) is 13.9. The van der Waals surface area contributed by atoms with Crippen molar-refractivity contribution in [3.05, 3.63) is 18.2 Å². The molecule has 1 aromatic heterocycles. The second kappa shape index (κ2) is 5.21. The van der Waals surface area contributed by atoms with Gasteiger partial charge in [-0.05, 0) is 20.8 Å². The molecule has 0 radical (unpaired) electrons. The number of carbonyl (C=O) groups excluding carboxylic acids is 1. The van der Waals surface area contributed by atoms with Gasteiger partial charge in [-0.15, -0.1) is 0 Å². The quantitative estimate of drug-likeness (QED) is 0.838. The Hall–Kier alpha value is -1.56. The van der Waals surface area contributed by atoms with Crippen molar-refractivity contribution in [2.24, 2.45) is 7.05 Å². The molecule has 6 nitrogen and oxygen atoms in total. The third-order valence-corrected chi connectivity index (χ3v) is 3.11. The van der Waals surface area contributed by atoms with Crippen molar-refractivity contribution in [3.8, 4) is 0 Å². The number of ether oxygens (including phenoxy) is 1. The van der Waals surface area contributed by atoms with Crippen molar-refractivity contribution < 1.29 is 9.53 Å². The number of hydrogen-bond donors (Lipinski definition) is 2. The molecule has 2 heterocycles. The van der Waals surface area contributed by atoms with Crippen LogP contribution in [0.2, 0.25) is 0 Å². The number of nitrogens with zero attached hydrogens (tertiary/aromatic N) is 2. The van der Waals surface area contributed by atoms with Crippen LogP contribution < -0.4 is 10.6 Å². The summed E-state index contributed by atoms with van der Waals surface area (Å²) in [6.07, 6.45) is 3.32. The number of alkyl carbamates (subject to hydrolysis) is 1. The highest BCUT2D eigenvalue weighted by Gasteiger charge is 2.33. The third-order valence-electron chi connectivity index (χ3n) is 3.11. The predicted octanol–water partition coefficient (Wildman–Crippen LogP) is 1.00. The molecule has 1 amide bonds. The number of amides is 1. The number of imidazole rings is 1. The summed E-state index contributed by atoms with van der Waals surface area (Å²) in [5.41, 5.74) is -0.477. The molecule has 0 spiro atoms. The lowest BCUT2D eigenvalue weighted by Gasteiger charge is -2.24. The Morgan fingerprint density at radius 1 is 1.53 bits per heavy atom. The Labute approximate surface area is 113 Å². The van der Waals surface area contributed by atoms with E-state index in [9.17, 15) is 4.79 Å². The number of carbonyl (C=O) groups is 1. The maximum atomic E-state index is 11.8. The van der Waals surface area contributed by atoms with Gasteiger partial charge in [0.15, 0.2) is 0 Å². The largest absolute Gasteiger partial charge is 0.444 e. The Balaban J connectivity index is 2.00. The molecule has 0 aromatic carbocycles. The molecule has 1 fully saturated rings. The fraction of sp³-hybridized carbons (Fsp3) is 0.692. The van der Waals surface area contributed by atoms with Gasteiger partial charge in [0.1, 0.15) is 11.4 Å². The molecule has 2 N–H and O–H groups in total. The molecule has 1 aromatic rings. The molecule has 1 aliphatic rings. The summed E-state index contributed by atoms with van der Waals surface area (Å²) in [6, 6.07) is 0.0101. The molecule has 106 valence electrons. The monoisotopic (exact) mass is 266 g/mol. The van der Waals surface area contributed by atoms with E-state index in [0.29, 0.717) is 0 Å². The van der Waals surface area contributed by atoms with Crippen molar-refractivity contribution in [2.45, 2.75) is 38.3 Å². The average molecular weight is 266 g/mol. The van der Waals surface area contributed by atoms with Crippen LogP contribution in [0.15, 0.2) is 12.4 Å². The van der Waals surface area contributed by atoms with Crippen LogP contribution in [-0.2, 0) is 11.8 Å². The van der Waals surface area contributed by atoms with Gasteiger partial charge in [-0.2, -0.15) is 0 Å². The van der Waals surface area contributed by atoms with Crippen LogP contribution in [0.5, 0.6) is 0 Å². The van der Waals surface area contributed by atoms with Crippen molar-refractivity contribution in [3.63, 3.8) is 0 Å². The summed E-state index contributed by atoms with van der Waals surface area (Å²) in [6.45, 7) is 7.11. The Kier molecular flexibility index (Phi) is 3.80. The lowest BCUT2D eigenvalue weighted by atomic mass is 10.0. The van der Waals surface area contributed by atoms with Crippen molar-refractivity contribution in [1.82, 2.24) is 20.2 Å². The van der Waals surface area contributed by atoms with Gasteiger partial charge < -0.3 is 19.9 Å². The highest BCUT2D eigenvalue weighted by molar-refractivity contribution is 5.68. The predicted molar refractivity (Wildman–Crippen MR) is 72.0 cm³/mol. The molecule has 6 heteroatoms. The minimum atomic E-state index is -0.477. The minimum Gasteiger partial charge on any atom is -0.444 e. The summed E-state index contributed by atoms with van der Waals surface area (Å²) >= 11 is 0. The van der Waals surface area contributed by atoms with Crippen molar-refractivity contribution in [2.75, 3.05) is 13.1 Å². The van der Waals surface area contributed by atoms with E-state index in [1.165, 1.54) is 0 Å². The van der Waals surface area contributed by atoms with Gasteiger partial charge in [-0.1, -0.05) is 0 Å². The molecule has 1 saturated heterocycles. The highest BCUT2D eigenvalue weighted by Crippen LogP contribution is 2.21. The van der Waals surface area contributed by atoms with E-state index in [1.807, 2.05) is 38.6 Å². The number of aromatic nitrogens is 2. The maximum Gasteiger partial charge on any atom is 0.407 e. The Bertz CT molecular complexity index is 450. The normalized spacial score (nSPS) is 23.4. The van der Waals surface area contributed by atoms with Crippen LogP contribution >= 0.6 is 0 Å². The van der Waals surface area contributed by atoms with E-state index in [0.717, 1.165) is 18.9 Å². The van der Waals surface area contributed by atoms with Gasteiger partial charge in [-0.25, -0.2) is 9.78 Å². The second-order valence-corrected chi connectivity index (χ2v) is 5.91. The number of rotatable bonds is 2. The van der Waals surface area contributed by atoms with Crippen molar-refractivity contribution >= 4 is 6.09 Å². The van der Waals surface area contributed by atoms with Crippen LogP contribution in [-0.4, -0.2) is 40.4 Å². The third kappa shape index (κ3) is 3.47. The van der Waals surface area contributed by atoms with E-state index in [2.05, 4.69) is 15.6 Å². The topological polar surface area (TPSA) is 68.2 Å². The molecular weight excluding hydrogens is 244 g/mol. The highest BCUT2D eigenvalue weighted by atomic mass is 16.6. The molecule has 0 unspecified atom stereocenters. The zero-order valence-electron chi connectivity index (χ0n) is 11.9. The molecule has 0 aliphatic carbocycles. The maximum absolute atomic E-state index is 11.8. The van der Waals surface area contributed by atoms with Crippen LogP contribution in [0, 0.1) is 0 Å². The number of aryl methyl sites for hydroxylation is 1. The van der Waals surface area contributed by atoms with E-state index in [-0.39, 0.29) is 18.1 Å². The lowest BCUT2D eigenvalue weighted by molar-refractivity contribution is 0.0504. The van der Waals surface area contributed by atoms with Gasteiger partial charge in [0.2, 0.25) is 0 Å². The van der Waals surface area contributed by atoms with Gasteiger partial charge in [0, 0.05) is 32.5 Å². The van der Waals surface area contributed by atoms with E-state index < -0.39 is 5.60 Å². The van der Waals surface area contributed by atoms with Crippen LogP contribution in [0.1, 0.15) is 32.5 Å². The van der Waals surface area contributed by atoms with E-state index >= 15 is 0 Å². The SMILES string of the molecule is Cn1ccnc1[C@@H]1CNC[C@H]1NC(=O)OC(C)(C)C. The summed E-state index contributed by atoms with van der Waals surface area (Å²) in [7, 11) is 1.96. The molecule has 2 rings (SSSR count). The zero-order chi connectivity index (χ0) is 14.0. The number of nitrogens with one attached hydrogen (secondary N) is 2. The van der Waals surface area contributed by atoms with Crippen LogP contribution in [0.4, 0.5) is 4.79 Å². The van der Waals surface area contributed by atoms with Gasteiger partial charge >= 0.3 is 6.09 Å². The van der Waals surface area contributed by atoms with E-state index in [4.69, 9.17) is 4.74 Å². The standard InChI is InChI=1S/C13H22N4O2/c1-13(2,3)19-12(18)16-10-8-14-7-9(10)11-15-5-6-17(11)4/h5-6,9-10,14H,7-8H2,1-4H3,(H,16,18)/t9-,10-/m1/s1. The van der Waals surface area contributed by atoms with Gasteiger partial charge in [0.25, 0.3) is 0 Å². The average Bonchev–Trinajstić information content (AvgIpc) is 2.83. The summed E-state index contributed by atoms with van der Waals surface area (Å²) in [4.78, 5) is 16.2. The first-order valence-electron chi connectivity index (χ1n) is 6.54. The molecule has 0 saturated carbocycles. The molecule has 19 heavy (non-hydrogen) atoms. The van der Waals surface area contributed by atoms with Crippen LogP contribution in [0.25, 0.3) is 0 Å². The summed E-state index contributed by atoms with van der Waals surface area (Å²) in [5.74, 6) is 1.15. The first-order valence-corrected chi connectivity index (χ1v) is 6.54. The van der Waals surface area contributed by atoms with E-state index in [1.54, 1.807) is 6.20 Å². The first-order chi connectivity index (χ1) is 8.87. The Morgan fingerprint density at radius 2 is 2.26 bits per heavy atom. The molecule has 0 bridgehead atoms. The van der Waals surface area contributed by atoms with Crippen molar-refractivity contribution in [1.29, 1.82) is 0 Å². The fourth-order valence-corrected chi connectivity index (χ4v) is 2.30. The molecular formula is C13H22N4O2. The van der Waals surface area contributed by atoms with Gasteiger partial charge in [-0.3, -0.25) is 0 Å². The lowest BCUT2D eigenvalue weighted by Crippen LogP contribution is -2.42. The minimum absolute atomic E-state index is 0.0101.